The molecule has 1 aliphatic rings. The molecule has 1 fully saturated rings. The molecule has 0 bridgehead atoms. The minimum atomic E-state index is 0.295. The van der Waals surface area contributed by atoms with Gasteiger partial charge in [-0.25, -0.2) is 0 Å². The van der Waals surface area contributed by atoms with Crippen LogP contribution in [0.4, 0.5) is 0 Å². The molecule has 1 amide bonds. The molecule has 0 aromatic rings. The number of nitrogens with zero attached hydrogens (tertiary/aromatic N) is 1. The molecule has 0 aromatic carbocycles. The van der Waals surface area contributed by atoms with E-state index in [4.69, 9.17) is 4.74 Å². The van der Waals surface area contributed by atoms with E-state index in [0.717, 1.165) is 19.3 Å². The van der Waals surface area contributed by atoms with Gasteiger partial charge in [-0.3, -0.25) is 4.79 Å². The van der Waals surface area contributed by atoms with Gasteiger partial charge in [0.05, 0.1) is 18.8 Å². The van der Waals surface area contributed by atoms with Gasteiger partial charge in [0.25, 0.3) is 0 Å². The molecule has 1 unspecified atom stereocenters. The van der Waals surface area contributed by atoms with Crippen molar-refractivity contribution in [3.05, 3.63) is 0 Å². The Morgan fingerprint density at radius 2 is 2.27 bits per heavy atom. The van der Waals surface area contributed by atoms with Crippen molar-refractivity contribution in [3.63, 3.8) is 0 Å². The summed E-state index contributed by atoms with van der Waals surface area (Å²) in [5, 5.41) is 0. The van der Waals surface area contributed by atoms with Crippen molar-refractivity contribution in [2.75, 3.05) is 13.7 Å². The first-order valence-electron chi connectivity index (χ1n) is 4.03. The summed E-state index contributed by atoms with van der Waals surface area (Å²) in [6.07, 6.45) is 3.36. The van der Waals surface area contributed by atoms with Crippen LogP contribution in [0.3, 0.4) is 0 Å². The second-order valence-electron chi connectivity index (χ2n) is 3.15. The number of ether oxygens (including phenoxy) is 1. The number of amides is 1. The molecule has 2 atom stereocenters. The zero-order chi connectivity index (χ0) is 8.27. The van der Waals surface area contributed by atoms with Gasteiger partial charge in [-0.15, -0.1) is 0 Å². The van der Waals surface area contributed by atoms with E-state index in [1.165, 1.54) is 0 Å². The van der Waals surface area contributed by atoms with Crippen molar-refractivity contribution in [1.82, 2.24) is 4.90 Å². The first-order valence-corrected chi connectivity index (χ1v) is 4.03. The van der Waals surface area contributed by atoms with Crippen LogP contribution in [0.15, 0.2) is 0 Å². The van der Waals surface area contributed by atoms with Crippen LogP contribution in [0.2, 0.25) is 0 Å². The Labute approximate surface area is 67.3 Å². The summed E-state index contributed by atoms with van der Waals surface area (Å²) in [5.74, 6) is 0. The fourth-order valence-electron chi connectivity index (χ4n) is 1.28. The molecule has 0 spiro atoms. The topological polar surface area (TPSA) is 29.5 Å². The first-order chi connectivity index (χ1) is 5.24. The number of carbonyl (C=O) groups excluding carboxylic acids is 1. The molecule has 0 aliphatic carbocycles. The zero-order valence-corrected chi connectivity index (χ0v) is 7.12. The third-order valence-electron chi connectivity index (χ3n) is 2.22. The van der Waals surface area contributed by atoms with Gasteiger partial charge in [0.2, 0.25) is 6.41 Å². The lowest BCUT2D eigenvalue weighted by molar-refractivity contribution is -0.122. The number of likely N-dealkylation sites (N-methyl/N-ethyl adjacent to an activating group) is 1. The van der Waals surface area contributed by atoms with E-state index >= 15 is 0 Å². The molecule has 1 rings (SSSR count). The standard InChI is InChI=1S/C8H15NO2/c1-7-3-4-8(5-11-7)9(2)6-10/h6-8H,3-5H2,1-2H3/t7-,8?/m0/s1. The molecule has 0 saturated carbocycles. The Morgan fingerprint density at radius 1 is 1.55 bits per heavy atom. The molecule has 3 heteroatoms. The van der Waals surface area contributed by atoms with E-state index < -0.39 is 0 Å². The second kappa shape index (κ2) is 3.72. The molecule has 0 aromatic heterocycles. The Bertz CT molecular complexity index is 130. The maximum Gasteiger partial charge on any atom is 0.209 e. The quantitative estimate of drug-likeness (QED) is 0.550. The van der Waals surface area contributed by atoms with Crippen molar-refractivity contribution in [3.8, 4) is 0 Å². The highest BCUT2D eigenvalue weighted by Crippen LogP contribution is 2.15. The van der Waals surface area contributed by atoms with Crippen molar-refractivity contribution < 1.29 is 9.53 Å². The molecular formula is C8H15NO2. The zero-order valence-electron chi connectivity index (χ0n) is 7.12. The molecule has 1 aliphatic heterocycles. The molecule has 1 heterocycles. The summed E-state index contributed by atoms with van der Waals surface area (Å²) in [4.78, 5) is 12.0. The Balaban J connectivity index is 2.32. The van der Waals surface area contributed by atoms with Crippen LogP contribution >= 0.6 is 0 Å². The van der Waals surface area contributed by atoms with E-state index in [2.05, 4.69) is 6.92 Å². The van der Waals surface area contributed by atoms with Gasteiger partial charge in [-0.2, -0.15) is 0 Å². The van der Waals surface area contributed by atoms with Gasteiger partial charge < -0.3 is 9.64 Å². The third-order valence-corrected chi connectivity index (χ3v) is 2.22. The normalized spacial score (nSPS) is 31.5. The minimum Gasteiger partial charge on any atom is -0.376 e. The maximum absolute atomic E-state index is 10.4. The number of hydrogen-bond acceptors (Lipinski definition) is 2. The summed E-state index contributed by atoms with van der Waals surface area (Å²) in [7, 11) is 1.80. The van der Waals surface area contributed by atoms with Crippen LogP contribution in [-0.2, 0) is 9.53 Å². The summed E-state index contributed by atoms with van der Waals surface area (Å²) in [5.41, 5.74) is 0. The van der Waals surface area contributed by atoms with Gasteiger partial charge in [0.1, 0.15) is 0 Å². The van der Waals surface area contributed by atoms with Crippen molar-refractivity contribution >= 4 is 6.41 Å². The van der Waals surface area contributed by atoms with Gasteiger partial charge in [0, 0.05) is 7.05 Å². The summed E-state index contributed by atoms with van der Waals surface area (Å²) in [6, 6.07) is 0.295. The monoisotopic (exact) mass is 157 g/mol. The lowest BCUT2D eigenvalue weighted by atomic mass is 10.1. The average Bonchev–Trinajstić information content (AvgIpc) is 2.05. The number of hydrogen-bond donors (Lipinski definition) is 0. The van der Waals surface area contributed by atoms with Crippen LogP contribution in [0.1, 0.15) is 19.8 Å². The average molecular weight is 157 g/mol. The molecular weight excluding hydrogens is 142 g/mol. The number of rotatable bonds is 2. The van der Waals surface area contributed by atoms with Crippen LogP contribution in [0, 0.1) is 0 Å². The molecule has 1 saturated heterocycles. The summed E-state index contributed by atoms with van der Waals surface area (Å²) < 4.78 is 5.41. The maximum atomic E-state index is 10.4. The van der Waals surface area contributed by atoms with Gasteiger partial charge in [-0.05, 0) is 19.8 Å². The first kappa shape index (κ1) is 8.53. The van der Waals surface area contributed by atoms with E-state index in [9.17, 15) is 4.79 Å². The van der Waals surface area contributed by atoms with Crippen LogP contribution < -0.4 is 0 Å². The molecule has 11 heavy (non-hydrogen) atoms. The number of carbonyl (C=O) groups is 1. The minimum absolute atomic E-state index is 0.295. The lowest BCUT2D eigenvalue weighted by Crippen LogP contribution is -2.39. The van der Waals surface area contributed by atoms with Crippen LogP contribution in [0.25, 0.3) is 0 Å². The van der Waals surface area contributed by atoms with E-state index in [1.54, 1.807) is 11.9 Å². The Hall–Kier alpha value is -0.570. The highest BCUT2D eigenvalue weighted by atomic mass is 16.5. The molecule has 0 radical (unpaired) electrons. The predicted molar refractivity (Wildman–Crippen MR) is 42.3 cm³/mol. The highest BCUT2D eigenvalue weighted by Gasteiger charge is 2.20. The second-order valence-corrected chi connectivity index (χ2v) is 3.15. The molecule has 3 nitrogen and oxygen atoms in total. The predicted octanol–water partition coefficient (Wildman–Crippen LogP) is 0.642. The van der Waals surface area contributed by atoms with Crippen molar-refractivity contribution in [2.45, 2.75) is 31.9 Å². The van der Waals surface area contributed by atoms with E-state index in [-0.39, 0.29) is 0 Å². The lowest BCUT2D eigenvalue weighted by Gasteiger charge is -2.31. The van der Waals surface area contributed by atoms with E-state index in [1.807, 2.05) is 0 Å². The van der Waals surface area contributed by atoms with Crippen molar-refractivity contribution in [1.29, 1.82) is 0 Å². The molecule has 0 N–H and O–H groups in total. The highest BCUT2D eigenvalue weighted by molar-refractivity contribution is 5.47. The largest absolute Gasteiger partial charge is 0.376 e. The third kappa shape index (κ3) is 2.19. The summed E-state index contributed by atoms with van der Waals surface area (Å²) in [6.45, 7) is 2.76. The van der Waals surface area contributed by atoms with E-state index in [0.29, 0.717) is 18.8 Å². The summed E-state index contributed by atoms with van der Waals surface area (Å²) >= 11 is 0. The van der Waals surface area contributed by atoms with Gasteiger partial charge in [0.15, 0.2) is 0 Å². The fourth-order valence-corrected chi connectivity index (χ4v) is 1.28. The van der Waals surface area contributed by atoms with Gasteiger partial charge >= 0.3 is 0 Å². The van der Waals surface area contributed by atoms with Gasteiger partial charge in [-0.1, -0.05) is 0 Å². The smallest absolute Gasteiger partial charge is 0.209 e. The van der Waals surface area contributed by atoms with Crippen LogP contribution in [-0.4, -0.2) is 37.1 Å². The Kier molecular flexibility index (Phi) is 2.88. The Morgan fingerprint density at radius 3 is 2.73 bits per heavy atom. The molecule has 64 valence electrons. The fraction of sp³-hybridized carbons (Fsp3) is 0.875. The van der Waals surface area contributed by atoms with Crippen molar-refractivity contribution in [2.24, 2.45) is 0 Å². The van der Waals surface area contributed by atoms with Crippen LogP contribution in [0.5, 0.6) is 0 Å². The SMILES string of the molecule is C[C@H]1CCC(N(C)C=O)CO1.